The molecular weight excluding hydrogens is 276 g/mol. The third kappa shape index (κ3) is 4.91. The van der Waals surface area contributed by atoms with Gasteiger partial charge in [-0.15, -0.1) is 0 Å². The molecule has 0 aliphatic rings. The number of hydrogen-bond donors (Lipinski definition) is 0. The van der Waals surface area contributed by atoms with Gasteiger partial charge in [0.15, 0.2) is 5.78 Å². The first-order chi connectivity index (χ1) is 10.0. The van der Waals surface area contributed by atoms with E-state index in [-0.39, 0.29) is 5.56 Å². The molecule has 1 rings (SSSR count). The van der Waals surface area contributed by atoms with Gasteiger partial charge in [-0.1, -0.05) is 0 Å². The molecule has 0 bridgehead atoms. The summed E-state index contributed by atoms with van der Waals surface area (Å²) >= 11 is 0. The molecule has 0 N–H and O–H groups in total. The van der Waals surface area contributed by atoms with Crippen molar-refractivity contribution >= 4 is 17.5 Å². The Bertz CT molecular complexity index is 511. The molecule has 0 heterocycles. The van der Waals surface area contributed by atoms with Crippen LogP contribution in [0.5, 0.6) is 11.5 Å². The highest BCUT2D eigenvalue weighted by atomic mass is 16.5. The molecule has 0 spiro atoms. The van der Waals surface area contributed by atoms with E-state index >= 15 is 0 Å². The molecule has 0 aromatic heterocycles. The van der Waals surface area contributed by atoms with Gasteiger partial charge in [-0.25, -0.2) is 4.79 Å². The lowest BCUT2D eigenvalue weighted by Crippen LogP contribution is -2.19. The normalized spacial score (nSPS) is 9.86. The number of Topliss-reactive ketones (excluding diaryl/α,β-unsaturated/α-hetero) is 2. The van der Waals surface area contributed by atoms with Gasteiger partial charge >= 0.3 is 5.97 Å². The maximum Gasteiger partial charge on any atom is 0.374 e. The van der Waals surface area contributed by atoms with Crippen molar-refractivity contribution in [2.45, 2.75) is 20.3 Å². The Morgan fingerprint density at radius 3 is 1.90 bits per heavy atom. The van der Waals surface area contributed by atoms with Gasteiger partial charge in [0.1, 0.15) is 11.5 Å². The summed E-state index contributed by atoms with van der Waals surface area (Å²) in [6.45, 7) is 4.50. The van der Waals surface area contributed by atoms with Crippen LogP contribution in [0.2, 0.25) is 0 Å². The predicted octanol–water partition coefficient (Wildman–Crippen LogP) is 1.80. The van der Waals surface area contributed by atoms with E-state index in [2.05, 4.69) is 4.74 Å². The topological polar surface area (TPSA) is 78.9 Å². The van der Waals surface area contributed by atoms with Crippen molar-refractivity contribution in [1.29, 1.82) is 0 Å². The smallest absolute Gasteiger partial charge is 0.374 e. The van der Waals surface area contributed by atoms with Gasteiger partial charge in [0.05, 0.1) is 26.7 Å². The highest BCUT2D eigenvalue weighted by Gasteiger charge is 2.20. The summed E-state index contributed by atoms with van der Waals surface area (Å²) in [5.41, 5.74) is 0.252. The van der Waals surface area contributed by atoms with Gasteiger partial charge in [0, 0.05) is 11.6 Å². The monoisotopic (exact) mass is 294 g/mol. The lowest BCUT2D eigenvalue weighted by Gasteiger charge is -2.10. The van der Waals surface area contributed by atoms with Crippen LogP contribution in [-0.4, -0.2) is 37.9 Å². The predicted molar refractivity (Wildman–Crippen MR) is 74.8 cm³/mol. The van der Waals surface area contributed by atoms with Crippen LogP contribution in [-0.2, 0) is 14.3 Å². The summed E-state index contributed by atoms with van der Waals surface area (Å²) in [6, 6.07) is 4.68. The quantitative estimate of drug-likeness (QED) is 0.315. The molecule has 6 heteroatoms. The number of benzene rings is 1. The second kappa shape index (κ2) is 8.04. The van der Waals surface area contributed by atoms with Gasteiger partial charge in [0.25, 0.3) is 0 Å². The second-order valence-electron chi connectivity index (χ2n) is 4.07. The number of hydrogen-bond acceptors (Lipinski definition) is 6. The van der Waals surface area contributed by atoms with Crippen LogP contribution < -0.4 is 9.47 Å². The minimum atomic E-state index is -1.03. The number of ether oxygens (including phenoxy) is 3. The van der Waals surface area contributed by atoms with Crippen molar-refractivity contribution < 1.29 is 28.6 Å². The molecule has 0 saturated heterocycles. The Labute approximate surface area is 123 Å². The van der Waals surface area contributed by atoms with Crippen LogP contribution in [0.15, 0.2) is 18.2 Å². The molecule has 6 nitrogen and oxygen atoms in total. The first-order valence-corrected chi connectivity index (χ1v) is 6.56. The van der Waals surface area contributed by atoms with Crippen LogP contribution in [0.1, 0.15) is 30.6 Å². The molecule has 1 aromatic rings. The summed E-state index contributed by atoms with van der Waals surface area (Å²) in [6.07, 6.45) is -0.548. The van der Waals surface area contributed by atoms with E-state index in [1.807, 2.05) is 13.8 Å². The maximum atomic E-state index is 12.0. The summed E-state index contributed by atoms with van der Waals surface area (Å²) in [5.74, 6) is -1.47. The third-order valence-electron chi connectivity index (χ3n) is 2.56. The second-order valence-corrected chi connectivity index (χ2v) is 4.07. The molecular formula is C15H18O6. The summed E-state index contributed by atoms with van der Waals surface area (Å²) in [4.78, 5) is 34.5. The molecule has 0 amide bonds. The number of esters is 1. The van der Waals surface area contributed by atoms with E-state index in [0.717, 1.165) is 7.11 Å². The number of rotatable bonds is 8. The van der Waals surface area contributed by atoms with Crippen molar-refractivity contribution in [3.8, 4) is 11.5 Å². The molecule has 0 fully saturated rings. The third-order valence-corrected chi connectivity index (χ3v) is 2.56. The summed E-state index contributed by atoms with van der Waals surface area (Å²) in [7, 11) is 1.09. The Morgan fingerprint density at radius 1 is 0.952 bits per heavy atom. The molecule has 0 atom stereocenters. The van der Waals surface area contributed by atoms with Gasteiger partial charge < -0.3 is 14.2 Å². The standard InChI is InChI=1S/C15H18O6/c1-4-20-11-6-10(7-12(8-11)21-5-2)13(16)9-14(17)15(18)19-3/h6-8H,4-5,9H2,1-3H3. The zero-order chi connectivity index (χ0) is 15.8. The molecule has 0 aliphatic carbocycles. The van der Waals surface area contributed by atoms with Crippen molar-refractivity contribution in [3.63, 3.8) is 0 Å². The lowest BCUT2D eigenvalue weighted by molar-refractivity contribution is -0.151. The minimum absolute atomic E-state index is 0.252. The van der Waals surface area contributed by atoms with E-state index in [4.69, 9.17) is 9.47 Å². The zero-order valence-corrected chi connectivity index (χ0v) is 12.3. The van der Waals surface area contributed by atoms with E-state index in [1.54, 1.807) is 6.07 Å². The molecule has 0 saturated carbocycles. The van der Waals surface area contributed by atoms with Crippen LogP contribution in [0, 0.1) is 0 Å². The van der Waals surface area contributed by atoms with Crippen LogP contribution >= 0.6 is 0 Å². The van der Waals surface area contributed by atoms with Crippen LogP contribution in [0.4, 0.5) is 0 Å². The van der Waals surface area contributed by atoms with E-state index < -0.39 is 24.0 Å². The van der Waals surface area contributed by atoms with Crippen LogP contribution in [0.25, 0.3) is 0 Å². The Balaban J connectivity index is 2.96. The van der Waals surface area contributed by atoms with Gasteiger partial charge in [0.2, 0.25) is 5.78 Å². The highest BCUT2D eigenvalue weighted by Crippen LogP contribution is 2.24. The van der Waals surface area contributed by atoms with Crippen molar-refractivity contribution in [1.82, 2.24) is 0 Å². The zero-order valence-electron chi connectivity index (χ0n) is 12.3. The molecule has 21 heavy (non-hydrogen) atoms. The van der Waals surface area contributed by atoms with E-state index in [9.17, 15) is 14.4 Å². The molecule has 0 aliphatic heterocycles. The average molecular weight is 294 g/mol. The minimum Gasteiger partial charge on any atom is -0.494 e. The number of carbonyl (C=O) groups excluding carboxylic acids is 3. The van der Waals surface area contributed by atoms with Gasteiger partial charge in [-0.05, 0) is 26.0 Å². The fourth-order valence-corrected chi connectivity index (χ4v) is 1.67. The Kier molecular flexibility index (Phi) is 6.39. The van der Waals surface area contributed by atoms with Gasteiger partial charge in [-0.3, -0.25) is 9.59 Å². The summed E-state index contributed by atoms with van der Waals surface area (Å²) < 4.78 is 15.0. The number of ketones is 2. The summed E-state index contributed by atoms with van der Waals surface area (Å²) in [5, 5.41) is 0. The van der Waals surface area contributed by atoms with Crippen molar-refractivity contribution in [3.05, 3.63) is 23.8 Å². The Morgan fingerprint density at radius 2 is 1.48 bits per heavy atom. The fraction of sp³-hybridized carbons (Fsp3) is 0.400. The van der Waals surface area contributed by atoms with Crippen LogP contribution in [0.3, 0.4) is 0 Å². The maximum absolute atomic E-state index is 12.0. The average Bonchev–Trinajstić information content (AvgIpc) is 2.46. The molecule has 0 unspecified atom stereocenters. The van der Waals surface area contributed by atoms with Crippen molar-refractivity contribution in [2.75, 3.05) is 20.3 Å². The van der Waals surface area contributed by atoms with Crippen molar-refractivity contribution in [2.24, 2.45) is 0 Å². The molecule has 0 radical (unpaired) electrons. The first kappa shape index (κ1) is 16.7. The number of methoxy groups -OCH3 is 1. The van der Waals surface area contributed by atoms with E-state index in [1.165, 1.54) is 12.1 Å². The lowest BCUT2D eigenvalue weighted by atomic mass is 10.1. The Hall–Kier alpha value is -2.37. The highest BCUT2D eigenvalue weighted by molar-refractivity contribution is 6.38. The fourth-order valence-electron chi connectivity index (χ4n) is 1.67. The SMILES string of the molecule is CCOc1cc(OCC)cc(C(=O)CC(=O)C(=O)OC)c1. The van der Waals surface area contributed by atoms with Gasteiger partial charge in [-0.2, -0.15) is 0 Å². The largest absolute Gasteiger partial charge is 0.494 e. The molecule has 1 aromatic carbocycles. The molecule has 114 valence electrons. The van der Waals surface area contributed by atoms with E-state index in [0.29, 0.717) is 24.7 Å². The first-order valence-electron chi connectivity index (χ1n) is 6.56. The number of carbonyl (C=O) groups is 3.